The van der Waals surface area contributed by atoms with Gasteiger partial charge in [-0.1, -0.05) is 18.2 Å². The number of rotatable bonds is 7. The zero-order valence-electron chi connectivity index (χ0n) is 17.2. The molecule has 1 fully saturated rings. The summed E-state index contributed by atoms with van der Waals surface area (Å²) in [6, 6.07) is 11.6. The molecule has 4 rings (SSSR count). The van der Waals surface area contributed by atoms with E-state index in [0.29, 0.717) is 35.9 Å². The van der Waals surface area contributed by atoms with Gasteiger partial charge in [-0.15, -0.1) is 22.7 Å². The van der Waals surface area contributed by atoms with E-state index in [4.69, 9.17) is 4.74 Å². The van der Waals surface area contributed by atoms with Gasteiger partial charge in [0.1, 0.15) is 5.75 Å². The zero-order chi connectivity index (χ0) is 21.6. The molecule has 1 saturated heterocycles. The third kappa shape index (κ3) is 5.23. The average Bonchev–Trinajstić information content (AvgIpc) is 3.50. The first kappa shape index (κ1) is 21.3. The fourth-order valence-electron chi connectivity index (χ4n) is 3.53. The summed E-state index contributed by atoms with van der Waals surface area (Å²) in [7, 11) is 1.68. The first-order chi connectivity index (χ1) is 15.1. The van der Waals surface area contributed by atoms with Crippen LogP contribution in [0.15, 0.2) is 47.2 Å². The van der Waals surface area contributed by atoms with Crippen molar-refractivity contribution in [3.8, 4) is 5.75 Å². The van der Waals surface area contributed by atoms with Crippen LogP contribution in [0.25, 0.3) is 0 Å². The van der Waals surface area contributed by atoms with E-state index in [2.05, 4.69) is 15.2 Å². The molecular weight excluding hydrogens is 432 g/mol. The minimum atomic E-state index is -0.153. The average molecular weight is 457 g/mol. The number of anilines is 2. The Bertz CT molecular complexity index is 1030. The number of hydrogen-bond donors (Lipinski definition) is 1. The van der Waals surface area contributed by atoms with Crippen LogP contribution in [0.2, 0.25) is 0 Å². The molecular formula is C22H24N4O3S2. The monoisotopic (exact) mass is 456 g/mol. The van der Waals surface area contributed by atoms with Crippen LogP contribution in [0, 0.1) is 0 Å². The number of nitrogens with one attached hydrogen (secondary N) is 1. The summed E-state index contributed by atoms with van der Waals surface area (Å²) in [5, 5.41) is 7.14. The van der Waals surface area contributed by atoms with Crippen molar-refractivity contribution in [1.82, 2.24) is 9.88 Å². The second-order valence-electron chi connectivity index (χ2n) is 7.12. The summed E-state index contributed by atoms with van der Waals surface area (Å²) < 4.78 is 5.45. The lowest BCUT2D eigenvalue weighted by molar-refractivity contribution is -0.131. The number of piperazine rings is 1. The molecule has 2 amide bonds. The van der Waals surface area contributed by atoms with E-state index >= 15 is 0 Å². The van der Waals surface area contributed by atoms with Crippen molar-refractivity contribution >= 4 is 45.3 Å². The fourth-order valence-corrected chi connectivity index (χ4v) is 4.89. The van der Waals surface area contributed by atoms with Crippen LogP contribution in [-0.2, 0) is 11.2 Å². The normalized spacial score (nSPS) is 13.8. The van der Waals surface area contributed by atoms with Crippen LogP contribution in [0.1, 0.15) is 21.8 Å². The Kier molecular flexibility index (Phi) is 6.83. The molecule has 0 saturated carbocycles. The minimum absolute atomic E-state index is 0.136. The van der Waals surface area contributed by atoms with Gasteiger partial charge < -0.3 is 14.5 Å². The number of hydrogen-bond acceptors (Lipinski definition) is 7. The van der Waals surface area contributed by atoms with Crippen molar-refractivity contribution in [1.29, 1.82) is 0 Å². The molecule has 3 heterocycles. The molecule has 7 nitrogen and oxygen atoms in total. The van der Waals surface area contributed by atoms with Gasteiger partial charge in [-0.3, -0.25) is 14.9 Å². The Morgan fingerprint density at radius 3 is 2.65 bits per heavy atom. The molecule has 2 aromatic heterocycles. The summed E-state index contributed by atoms with van der Waals surface area (Å²) >= 11 is 2.77. The van der Waals surface area contributed by atoms with Gasteiger partial charge in [0.05, 0.1) is 23.4 Å². The Morgan fingerprint density at radius 2 is 1.90 bits per heavy atom. The maximum Gasteiger partial charge on any atom is 0.267 e. The maximum atomic E-state index is 12.7. The molecule has 1 N–H and O–H groups in total. The van der Waals surface area contributed by atoms with Gasteiger partial charge in [-0.05, 0) is 30.0 Å². The van der Waals surface area contributed by atoms with Gasteiger partial charge in [-0.2, -0.15) is 0 Å². The lowest BCUT2D eigenvalue weighted by Crippen LogP contribution is -2.48. The topological polar surface area (TPSA) is 74.8 Å². The van der Waals surface area contributed by atoms with Gasteiger partial charge >= 0.3 is 0 Å². The highest BCUT2D eigenvalue weighted by atomic mass is 32.1. The number of thiazole rings is 1. The summed E-state index contributed by atoms with van der Waals surface area (Å²) in [5.74, 6) is 0.838. The van der Waals surface area contributed by atoms with E-state index in [9.17, 15) is 9.59 Å². The van der Waals surface area contributed by atoms with Crippen LogP contribution in [0.5, 0.6) is 5.75 Å². The van der Waals surface area contributed by atoms with Crippen LogP contribution >= 0.6 is 22.7 Å². The molecule has 1 aromatic carbocycles. The van der Waals surface area contributed by atoms with Gasteiger partial charge in [0.25, 0.3) is 5.91 Å². The number of benzene rings is 1. The van der Waals surface area contributed by atoms with Crippen molar-refractivity contribution < 1.29 is 14.3 Å². The molecule has 162 valence electrons. The van der Waals surface area contributed by atoms with Crippen molar-refractivity contribution in [2.24, 2.45) is 0 Å². The molecule has 0 radical (unpaired) electrons. The molecule has 1 aliphatic heterocycles. The summed E-state index contributed by atoms with van der Waals surface area (Å²) in [5.41, 5.74) is 1.89. The SMILES string of the molecule is COc1ccccc1N1CCN(C(=O)CCc2csc(NC(=O)c3cccs3)n2)CC1. The number of ether oxygens (including phenoxy) is 1. The highest BCUT2D eigenvalue weighted by Crippen LogP contribution is 2.28. The third-order valence-corrected chi connectivity index (χ3v) is 6.85. The highest BCUT2D eigenvalue weighted by molar-refractivity contribution is 7.14. The lowest BCUT2D eigenvalue weighted by Gasteiger charge is -2.36. The number of para-hydroxylation sites is 2. The standard InChI is InChI=1S/C22H24N4O3S2/c1-29-18-6-3-2-5-17(18)25-10-12-26(13-11-25)20(27)9-8-16-15-31-22(23-16)24-21(28)19-7-4-14-30-19/h2-7,14-15H,8-13H2,1H3,(H,23,24,28). The smallest absolute Gasteiger partial charge is 0.267 e. The first-order valence-corrected chi connectivity index (χ1v) is 11.8. The van der Waals surface area contributed by atoms with Crippen molar-refractivity contribution in [3.05, 3.63) is 57.7 Å². The third-order valence-electron chi connectivity index (χ3n) is 5.17. The molecule has 1 aliphatic rings. The maximum absolute atomic E-state index is 12.7. The molecule has 0 bridgehead atoms. The summed E-state index contributed by atoms with van der Waals surface area (Å²) in [6.45, 7) is 2.94. The first-order valence-electron chi connectivity index (χ1n) is 10.1. The number of thiophene rings is 1. The predicted molar refractivity (Wildman–Crippen MR) is 124 cm³/mol. The second kappa shape index (κ2) is 9.93. The van der Waals surface area contributed by atoms with Gasteiger partial charge in [0, 0.05) is 38.0 Å². The number of carbonyl (C=O) groups is 2. The predicted octanol–water partition coefficient (Wildman–Crippen LogP) is 3.75. The Hall–Kier alpha value is -2.91. The summed E-state index contributed by atoms with van der Waals surface area (Å²) in [6.07, 6.45) is 0.980. The van der Waals surface area contributed by atoms with Crippen LogP contribution in [0.4, 0.5) is 10.8 Å². The summed E-state index contributed by atoms with van der Waals surface area (Å²) in [4.78, 5) is 34.1. The van der Waals surface area contributed by atoms with E-state index in [-0.39, 0.29) is 11.8 Å². The highest BCUT2D eigenvalue weighted by Gasteiger charge is 2.23. The second-order valence-corrected chi connectivity index (χ2v) is 8.92. The van der Waals surface area contributed by atoms with Gasteiger partial charge in [-0.25, -0.2) is 4.98 Å². The fraction of sp³-hybridized carbons (Fsp3) is 0.318. The van der Waals surface area contributed by atoms with E-state index in [1.807, 2.05) is 46.0 Å². The largest absolute Gasteiger partial charge is 0.495 e. The Morgan fingerprint density at radius 1 is 1.10 bits per heavy atom. The van der Waals surface area contributed by atoms with Crippen molar-refractivity contribution in [2.75, 3.05) is 43.5 Å². The minimum Gasteiger partial charge on any atom is -0.495 e. The zero-order valence-corrected chi connectivity index (χ0v) is 18.9. The van der Waals surface area contributed by atoms with Crippen molar-refractivity contribution in [3.63, 3.8) is 0 Å². The molecule has 0 aliphatic carbocycles. The van der Waals surface area contributed by atoms with E-state index in [1.54, 1.807) is 13.2 Å². The number of carbonyl (C=O) groups excluding carboxylic acids is 2. The molecule has 0 unspecified atom stereocenters. The molecule has 0 spiro atoms. The quantitative estimate of drug-likeness (QED) is 0.586. The van der Waals surface area contributed by atoms with Crippen molar-refractivity contribution in [2.45, 2.75) is 12.8 Å². The van der Waals surface area contributed by atoms with Gasteiger partial charge in [0.15, 0.2) is 5.13 Å². The van der Waals surface area contributed by atoms with E-state index < -0.39 is 0 Å². The number of amides is 2. The van der Waals surface area contributed by atoms with E-state index in [0.717, 1.165) is 30.2 Å². The molecule has 9 heteroatoms. The number of methoxy groups -OCH3 is 1. The van der Waals surface area contributed by atoms with E-state index in [1.165, 1.54) is 22.7 Å². The Labute approximate surface area is 189 Å². The molecule has 0 atom stereocenters. The lowest BCUT2D eigenvalue weighted by atomic mass is 10.2. The van der Waals surface area contributed by atoms with Crippen LogP contribution in [0.3, 0.4) is 0 Å². The number of nitrogens with zero attached hydrogens (tertiary/aromatic N) is 3. The number of aryl methyl sites for hydroxylation is 1. The number of aromatic nitrogens is 1. The van der Waals surface area contributed by atoms with Crippen LogP contribution < -0.4 is 15.0 Å². The van der Waals surface area contributed by atoms with Crippen LogP contribution in [-0.4, -0.2) is 55.0 Å². The Balaban J connectivity index is 1.25. The van der Waals surface area contributed by atoms with Gasteiger partial charge in [0.2, 0.25) is 5.91 Å². The molecule has 3 aromatic rings. The molecule has 31 heavy (non-hydrogen) atoms.